The molecule has 0 radical (unpaired) electrons. The second-order valence-electron chi connectivity index (χ2n) is 5.44. The fraction of sp³-hybridized carbons (Fsp3) is 0.125. The first-order valence-electron chi connectivity index (χ1n) is 7.22. The average molecular weight is 390 g/mol. The van der Waals surface area contributed by atoms with Gasteiger partial charge in [0, 0.05) is 13.3 Å². The molecule has 0 bridgehead atoms. The molecule has 0 spiro atoms. The van der Waals surface area contributed by atoms with Gasteiger partial charge in [-0.1, -0.05) is 23.7 Å². The van der Waals surface area contributed by atoms with Gasteiger partial charge >= 0.3 is 0 Å². The minimum Gasteiger partial charge on any atom is -0.504 e. The lowest BCUT2D eigenvalue weighted by atomic mass is 10.2. The first kappa shape index (κ1) is 17.8. The number of halogens is 1. The van der Waals surface area contributed by atoms with Crippen molar-refractivity contribution in [2.45, 2.75) is 5.16 Å². The van der Waals surface area contributed by atoms with Crippen molar-refractivity contribution in [3.63, 3.8) is 0 Å². The molecule has 8 nitrogen and oxygen atoms in total. The molecule has 0 aliphatic heterocycles. The van der Waals surface area contributed by atoms with Crippen LogP contribution >= 0.6 is 11.6 Å². The highest BCUT2D eigenvalue weighted by Gasteiger charge is 2.22. The van der Waals surface area contributed by atoms with Crippen molar-refractivity contribution in [2.24, 2.45) is 7.05 Å². The fourth-order valence-corrected chi connectivity index (χ4v) is 3.07. The Morgan fingerprint density at radius 2 is 2.00 bits per heavy atom. The summed E-state index contributed by atoms with van der Waals surface area (Å²) in [5.74, 6) is -0.384. The number of imidazole rings is 1. The SMILES string of the molecule is Cn1c(C(C#N)=C(O)c2nc(S(C)(=O)=O)ncc2Cl)nc2ccccc21. The van der Waals surface area contributed by atoms with E-state index in [1.54, 1.807) is 23.7 Å². The Bertz CT molecular complexity index is 1210. The molecule has 0 aliphatic carbocycles. The quantitative estimate of drug-likeness (QED) is 0.414. The number of aryl methyl sites for hydroxylation is 1. The molecule has 2 heterocycles. The molecule has 3 rings (SSSR count). The third kappa shape index (κ3) is 3.00. The highest BCUT2D eigenvalue weighted by atomic mass is 35.5. The van der Waals surface area contributed by atoms with E-state index in [1.165, 1.54) is 0 Å². The number of nitriles is 1. The lowest BCUT2D eigenvalue weighted by Gasteiger charge is -2.07. The van der Waals surface area contributed by atoms with Gasteiger partial charge in [0.15, 0.2) is 11.6 Å². The van der Waals surface area contributed by atoms with E-state index in [-0.39, 0.29) is 22.1 Å². The molecular formula is C16H12ClN5O3S. The maximum absolute atomic E-state index is 11.7. The van der Waals surface area contributed by atoms with Crippen LogP contribution in [-0.4, -0.2) is 39.3 Å². The van der Waals surface area contributed by atoms with Crippen LogP contribution in [0, 0.1) is 11.3 Å². The lowest BCUT2D eigenvalue weighted by Crippen LogP contribution is -2.07. The number of fused-ring (bicyclic) bond motifs is 1. The first-order valence-corrected chi connectivity index (χ1v) is 9.49. The van der Waals surface area contributed by atoms with Crippen LogP contribution in [-0.2, 0) is 16.9 Å². The molecular weight excluding hydrogens is 378 g/mol. The number of aliphatic hydroxyl groups excluding tert-OH is 1. The van der Waals surface area contributed by atoms with E-state index in [0.717, 1.165) is 18.0 Å². The Hall–Kier alpha value is -2.96. The van der Waals surface area contributed by atoms with Crippen LogP contribution < -0.4 is 0 Å². The van der Waals surface area contributed by atoms with Gasteiger partial charge in [-0.15, -0.1) is 0 Å². The normalized spacial score (nSPS) is 12.7. The van der Waals surface area contributed by atoms with Crippen molar-refractivity contribution >= 4 is 43.8 Å². The summed E-state index contributed by atoms with van der Waals surface area (Å²) in [5.41, 5.74) is 0.944. The molecule has 0 fully saturated rings. The highest BCUT2D eigenvalue weighted by Crippen LogP contribution is 2.28. The summed E-state index contributed by atoms with van der Waals surface area (Å²) in [6, 6.07) is 9.09. The van der Waals surface area contributed by atoms with Crippen molar-refractivity contribution in [2.75, 3.05) is 6.26 Å². The number of hydrogen-bond acceptors (Lipinski definition) is 7. The van der Waals surface area contributed by atoms with Gasteiger partial charge < -0.3 is 9.67 Å². The zero-order chi connectivity index (χ0) is 19.1. The predicted octanol–water partition coefficient (Wildman–Crippen LogP) is 2.37. The van der Waals surface area contributed by atoms with Gasteiger partial charge in [-0.2, -0.15) is 5.26 Å². The minimum atomic E-state index is -3.72. The van der Waals surface area contributed by atoms with E-state index in [2.05, 4.69) is 15.0 Å². The molecule has 0 atom stereocenters. The molecule has 0 unspecified atom stereocenters. The standard InChI is InChI=1S/C16H12ClN5O3S/c1-22-12-6-4-3-5-11(12)20-15(22)9(7-18)14(23)13-10(17)8-19-16(21-13)26(2,24)25/h3-6,8,23H,1-2H3. The Balaban J connectivity index is 2.28. The number of allylic oxidation sites excluding steroid dienone is 1. The molecule has 0 amide bonds. The van der Waals surface area contributed by atoms with E-state index in [0.29, 0.717) is 5.52 Å². The number of sulfone groups is 1. The van der Waals surface area contributed by atoms with Crippen LogP contribution in [0.25, 0.3) is 22.4 Å². The molecule has 0 aliphatic rings. The van der Waals surface area contributed by atoms with Gasteiger partial charge in [0.05, 0.1) is 22.3 Å². The number of rotatable bonds is 3. The van der Waals surface area contributed by atoms with Crippen LogP contribution in [0.15, 0.2) is 35.6 Å². The first-order chi connectivity index (χ1) is 12.2. The summed E-state index contributed by atoms with van der Waals surface area (Å²) in [6.07, 6.45) is 1.98. The summed E-state index contributed by atoms with van der Waals surface area (Å²) < 4.78 is 24.9. The van der Waals surface area contributed by atoms with Gasteiger partial charge in [0.1, 0.15) is 17.3 Å². The van der Waals surface area contributed by atoms with Crippen molar-refractivity contribution < 1.29 is 13.5 Å². The van der Waals surface area contributed by atoms with Crippen LogP contribution in [0.1, 0.15) is 11.5 Å². The molecule has 1 aromatic carbocycles. The second kappa shape index (κ2) is 6.40. The van der Waals surface area contributed by atoms with Crippen molar-refractivity contribution in [1.29, 1.82) is 5.26 Å². The number of para-hydroxylation sites is 2. The molecule has 10 heteroatoms. The smallest absolute Gasteiger partial charge is 0.247 e. The summed E-state index contributed by atoms with van der Waals surface area (Å²) in [6.45, 7) is 0. The molecule has 1 N–H and O–H groups in total. The topological polar surface area (TPSA) is 122 Å². The molecule has 132 valence electrons. The monoisotopic (exact) mass is 389 g/mol. The number of nitrogens with zero attached hydrogens (tertiary/aromatic N) is 5. The number of aliphatic hydroxyl groups is 1. The maximum Gasteiger partial charge on any atom is 0.247 e. The van der Waals surface area contributed by atoms with E-state index in [4.69, 9.17) is 11.6 Å². The fourth-order valence-electron chi connectivity index (χ4n) is 2.39. The Labute approximate surface area is 153 Å². The zero-order valence-electron chi connectivity index (χ0n) is 13.7. The lowest BCUT2D eigenvalue weighted by molar-refractivity contribution is 0.508. The van der Waals surface area contributed by atoms with E-state index < -0.39 is 20.8 Å². The molecule has 26 heavy (non-hydrogen) atoms. The second-order valence-corrected chi connectivity index (χ2v) is 7.76. The zero-order valence-corrected chi connectivity index (χ0v) is 15.2. The van der Waals surface area contributed by atoms with Crippen LogP contribution in [0.3, 0.4) is 0 Å². The van der Waals surface area contributed by atoms with E-state index in [1.807, 2.05) is 18.2 Å². The molecule has 0 saturated heterocycles. The summed E-state index contributed by atoms with van der Waals surface area (Å²) in [5, 5.41) is 19.5. The van der Waals surface area contributed by atoms with Gasteiger partial charge in [-0.25, -0.2) is 23.4 Å². The predicted molar refractivity (Wildman–Crippen MR) is 95.9 cm³/mol. The minimum absolute atomic E-state index is 0.0959. The Kier molecular flexibility index (Phi) is 4.39. The Morgan fingerprint density at radius 1 is 1.31 bits per heavy atom. The Morgan fingerprint density at radius 3 is 2.62 bits per heavy atom. The van der Waals surface area contributed by atoms with Crippen molar-refractivity contribution in [3.05, 3.63) is 47.0 Å². The largest absolute Gasteiger partial charge is 0.504 e. The summed E-state index contributed by atoms with van der Waals surface area (Å²) in [7, 11) is -2.03. The van der Waals surface area contributed by atoms with Gasteiger partial charge in [-0.3, -0.25) is 0 Å². The maximum atomic E-state index is 11.7. The highest BCUT2D eigenvalue weighted by molar-refractivity contribution is 7.90. The average Bonchev–Trinajstić information content (AvgIpc) is 2.92. The van der Waals surface area contributed by atoms with E-state index >= 15 is 0 Å². The molecule has 0 saturated carbocycles. The van der Waals surface area contributed by atoms with E-state index in [9.17, 15) is 18.8 Å². The third-order valence-electron chi connectivity index (χ3n) is 3.64. The molecule has 2 aromatic heterocycles. The van der Waals surface area contributed by atoms with Crippen molar-refractivity contribution in [1.82, 2.24) is 19.5 Å². The summed E-state index contributed by atoms with van der Waals surface area (Å²) in [4.78, 5) is 11.8. The third-order valence-corrected chi connectivity index (χ3v) is 4.77. The molecule has 3 aromatic rings. The van der Waals surface area contributed by atoms with Crippen LogP contribution in [0.4, 0.5) is 0 Å². The number of hydrogen-bond donors (Lipinski definition) is 1. The number of aromatic nitrogens is 4. The number of benzene rings is 1. The van der Waals surface area contributed by atoms with Crippen LogP contribution in [0.5, 0.6) is 0 Å². The van der Waals surface area contributed by atoms with Gasteiger partial charge in [-0.05, 0) is 12.1 Å². The van der Waals surface area contributed by atoms with Crippen LogP contribution in [0.2, 0.25) is 5.02 Å². The van der Waals surface area contributed by atoms with Gasteiger partial charge in [0.2, 0.25) is 15.0 Å². The summed E-state index contributed by atoms with van der Waals surface area (Å²) >= 11 is 6.00. The van der Waals surface area contributed by atoms with Gasteiger partial charge in [0.25, 0.3) is 0 Å². The van der Waals surface area contributed by atoms with Crippen molar-refractivity contribution in [3.8, 4) is 6.07 Å².